The highest BCUT2D eigenvalue weighted by Gasteiger charge is 2.41. The van der Waals surface area contributed by atoms with Crippen molar-refractivity contribution < 1.29 is 23.1 Å². The molecule has 0 saturated carbocycles. The van der Waals surface area contributed by atoms with E-state index >= 15 is 0 Å². The molecule has 1 fully saturated rings. The largest absolute Gasteiger partial charge is 0.417 e. The zero-order chi connectivity index (χ0) is 15.9. The number of carbonyl (C=O) groups excluding carboxylic acids is 1. The Labute approximate surface area is 118 Å². The van der Waals surface area contributed by atoms with Gasteiger partial charge in [-0.25, -0.2) is 0 Å². The monoisotopic (exact) mass is 296 g/mol. The van der Waals surface area contributed by atoms with Crippen LogP contribution < -0.4 is 4.90 Å². The van der Waals surface area contributed by atoms with E-state index in [1.165, 1.54) is 19.1 Å². The lowest BCUT2D eigenvalue weighted by atomic mass is 10.1. The fraction of sp³-hybridized carbons (Fsp3) is 0.286. The number of hydrogen-bond acceptors (Lipinski definition) is 3. The van der Waals surface area contributed by atoms with Crippen LogP contribution in [0.4, 0.5) is 18.9 Å². The molecule has 1 saturated heterocycles. The molecule has 110 valence electrons. The number of aliphatic hydroxyl groups is 1. The third-order valence-electron chi connectivity index (χ3n) is 3.42. The van der Waals surface area contributed by atoms with Crippen molar-refractivity contribution in [2.75, 3.05) is 4.90 Å². The third kappa shape index (κ3) is 2.38. The molecule has 1 aromatic carbocycles. The van der Waals surface area contributed by atoms with Gasteiger partial charge < -0.3 is 10.0 Å². The van der Waals surface area contributed by atoms with Crippen molar-refractivity contribution in [2.45, 2.75) is 25.2 Å². The van der Waals surface area contributed by atoms with Gasteiger partial charge in [0.15, 0.2) is 0 Å². The predicted octanol–water partition coefficient (Wildman–Crippen LogP) is 2.23. The molecule has 2 rings (SSSR count). The molecule has 1 aliphatic heterocycles. The zero-order valence-corrected chi connectivity index (χ0v) is 11.0. The number of nitrogens with zero attached hydrogens (tertiary/aromatic N) is 2. The van der Waals surface area contributed by atoms with Gasteiger partial charge in [-0.3, -0.25) is 4.79 Å². The second-order valence-corrected chi connectivity index (χ2v) is 4.73. The van der Waals surface area contributed by atoms with Crippen LogP contribution >= 0.6 is 0 Å². The summed E-state index contributed by atoms with van der Waals surface area (Å²) in [7, 11) is 0. The van der Waals surface area contributed by atoms with Crippen molar-refractivity contribution in [1.29, 1.82) is 5.26 Å². The summed E-state index contributed by atoms with van der Waals surface area (Å²) in [4.78, 5) is 13.0. The number of rotatable bonds is 1. The van der Waals surface area contributed by atoms with E-state index in [0.717, 1.165) is 17.0 Å². The minimum atomic E-state index is -4.71. The van der Waals surface area contributed by atoms with Crippen LogP contribution in [0.15, 0.2) is 30.4 Å². The molecule has 1 amide bonds. The molecule has 2 atom stereocenters. The molecule has 0 bridgehead atoms. The second kappa shape index (κ2) is 4.90. The first-order chi connectivity index (χ1) is 9.68. The van der Waals surface area contributed by atoms with E-state index in [4.69, 9.17) is 5.26 Å². The maximum absolute atomic E-state index is 12.9. The van der Waals surface area contributed by atoms with E-state index in [-0.39, 0.29) is 11.3 Å². The second-order valence-electron chi connectivity index (χ2n) is 4.73. The molecule has 1 aliphatic rings. The first-order valence-electron chi connectivity index (χ1n) is 6.00. The molecule has 1 heterocycles. The molecule has 1 aromatic rings. The molecule has 0 radical (unpaired) electrons. The Morgan fingerprint density at radius 2 is 2.05 bits per heavy atom. The van der Waals surface area contributed by atoms with Crippen LogP contribution in [0.5, 0.6) is 0 Å². The van der Waals surface area contributed by atoms with Gasteiger partial charge in [-0.2, -0.15) is 18.4 Å². The quantitative estimate of drug-likeness (QED) is 0.808. The topological polar surface area (TPSA) is 64.3 Å². The summed E-state index contributed by atoms with van der Waals surface area (Å²) in [6, 6.07) is 3.73. The SMILES string of the molecule is C=C1C(=O)N(c2ccc(C#N)c(C(F)(F)F)c2)[C@@H](C)[C@@H]1O. The first kappa shape index (κ1) is 15.1. The Kier molecular flexibility index (Phi) is 3.51. The van der Waals surface area contributed by atoms with Gasteiger partial charge in [0.2, 0.25) is 0 Å². The highest BCUT2D eigenvalue weighted by atomic mass is 19.4. The molecule has 0 aromatic heterocycles. The van der Waals surface area contributed by atoms with Crippen molar-refractivity contribution in [3.8, 4) is 6.07 Å². The summed E-state index contributed by atoms with van der Waals surface area (Å²) in [5.74, 6) is -0.632. The van der Waals surface area contributed by atoms with Crippen LogP contribution in [-0.2, 0) is 11.0 Å². The summed E-state index contributed by atoms with van der Waals surface area (Å²) in [6.45, 7) is 4.94. The number of nitriles is 1. The van der Waals surface area contributed by atoms with E-state index < -0.39 is 35.4 Å². The van der Waals surface area contributed by atoms with Crippen molar-refractivity contribution in [2.24, 2.45) is 0 Å². The Hall–Kier alpha value is -2.33. The van der Waals surface area contributed by atoms with Crippen molar-refractivity contribution in [3.63, 3.8) is 0 Å². The molecule has 7 heteroatoms. The maximum Gasteiger partial charge on any atom is 0.417 e. The standard InChI is InChI=1S/C14H11F3N2O2/c1-7-12(20)8(2)19(13(7)21)10-4-3-9(6-18)11(5-10)14(15,16)17/h3-5,8,12,20H,1H2,2H3/t8-,12+/m0/s1. The predicted molar refractivity (Wildman–Crippen MR) is 68.3 cm³/mol. The molecule has 0 aliphatic carbocycles. The maximum atomic E-state index is 12.9. The molecule has 1 N–H and O–H groups in total. The third-order valence-corrected chi connectivity index (χ3v) is 3.42. The van der Waals surface area contributed by atoms with Crippen LogP contribution in [0.2, 0.25) is 0 Å². The molecule has 21 heavy (non-hydrogen) atoms. The Morgan fingerprint density at radius 1 is 1.43 bits per heavy atom. The van der Waals surface area contributed by atoms with Gasteiger partial charge in [-0.15, -0.1) is 0 Å². The fourth-order valence-electron chi connectivity index (χ4n) is 2.27. The van der Waals surface area contributed by atoms with E-state index in [1.807, 2.05) is 0 Å². The summed E-state index contributed by atoms with van der Waals surface area (Å²) >= 11 is 0. The molecule has 0 spiro atoms. The van der Waals surface area contributed by atoms with Crippen LogP contribution in [-0.4, -0.2) is 23.2 Å². The lowest BCUT2D eigenvalue weighted by Gasteiger charge is -2.23. The lowest BCUT2D eigenvalue weighted by molar-refractivity contribution is -0.137. The van der Waals surface area contributed by atoms with Crippen LogP contribution in [0.25, 0.3) is 0 Å². The summed E-state index contributed by atoms with van der Waals surface area (Å²) in [5, 5.41) is 18.5. The number of hydrogen-bond donors (Lipinski definition) is 1. The van der Waals surface area contributed by atoms with E-state index in [2.05, 4.69) is 6.58 Å². The van der Waals surface area contributed by atoms with Gasteiger partial charge in [0.25, 0.3) is 5.91 Å². The molecular weight excluding hydrogens is 285 g/mol. The van der Waals surface area contributed by atoms with E-state index in [1.54, 1.807) is 0 Å². The zero-order valence-electron chi connectivity index (χ0n) is 11.0. The normalized spacial score (nSPS) is 22.6. The van der Waals surface area contributed by atoms with Crippen molar-refractivity contribution >= 4 is 11.6 Å². The van der Waals surface area contributed by atoms with Crippen molar-refractivity contribution in [1.82, 2.24) is 0 Å². The highest BCUT2D eigenvalue weighted by molar-refractivity contribution is 6.09. The molecule has 0 unspecified atom stereocenters. The van der Waals surface area contributed by atoms with Gasteiger partial charge in [0, 0.05) is 11.3 Å². The molecular formula is C14H11F3N2O2. The molecule has 4 nitrogen and oxygen atoms in total. The first-order valence-corrected chi connectivity index (χ1v) is 6.00. The number of aliphatic hydroxyl groups excluding tert-OH is 1. The van der Waals surface area contributed by atoms with Crippen molar-refractivity contribution in [3.05, 3.63) is 41.5 Å². The van der Waals surface area contributed by atoms with Gasteiger partial charge in [0.05, 0.1) is 23.2 Å². The number of benzene rings is 1. The Bertz CT molecular complexity index is 661. The van der Waals surface area contributed by atoms with Gasteiger partial charge >= 0.3 is 6.18 Å². The average molecular weight is 296 g/mol. The highest BCUT2D eigenvalue weighted by Crippen LogP contribution is 2.37. The summed E-state index contributed by atoms with van der Waals surface area (Å²) < 4.78 is 38.8. The van der Waals surface area contributed by atoms with E-state index in [0.29, 0.717) is 0 Å². The number of anilines is 1. The van der Waals surface area contributed by atoms with Gasteiger partial charge in [0.1, 0.15) is 6.10 Å². The minimum Gasteiger partial charge on any atom is -0.386 e. The summed E-state index contributed by atoms with van der Waals surface area (Å²) in [6.07, 6.45) is -5.84. The number of halogens is 3. The number of alkyl halides is 3. The van der Waals surface area contributed by atoms with Crippen LogP contribution in [0.1, 0.15) is 18.1 Å². The average Bonchev–Trinajstić information content (AvgIpc) is 2.61. The number of carbonyl (C=O) groups is 1. The summed E-state index contributed by atoms with van der Waals surface area (Å²) in [5.41, 5.74) is -1.74. The lowest BCUT2D eigenvalue weighted by Crippen LogP contribution is -2.34. The number of amides is 1. The van der Waals surface area contributed by atoms with Crippen LogP contribution in [0.3, 0.4) is 0 Å². The van der Waals surface area contributed by atoms with Crippen LogP contribution in [0, 0.1) is 11.3 Å². The fourth-order valence-corrected chi connectivity index (χ4v) is 2.27. The Morgan fingerprint density at radius 3 is 2.48 bits per heavy atom. The smallest absolute Gasteiger partial charge is 0.386 e. The van der Waals surface area contributed by atoms with Gasteiger partial charge in [-0.05, 0) is 25.1 Å². The Balaban J connectivity index is 2.55. The van der Waals surface area contributed by atoms with Gasteiger partial charge in [-0.1, -0.05) is 6.58 Å². The van der Waals surface area contributed by atoms with E-state index in [9.17, 15) is 23.1 Å². The minimum absolute atomic E-state index is 0.0310.